The van der Waals surface area contributed by atoms with E-state index in [0.29, 0.717) is 0 Å². The predicted molar refractivity (Wildman–Crippen MR) is 174 cm³/mol. The fourth-order valence-electron chi connectivity index (χ4n) is 5.69. The highest BCUT2D eigenvalue weighted by Crippen LogP contribution is 2.39. The minimum atomic E-state index is 0.801. The lowest BCUT2D eigenvalue weighted by molar-refractivity contribution is 0.669. The van der Waals surface area contributed by atoms with Crippen LogP contribution in [0.1, 0.15) is 0 Å². The van der Waals surface area contributed by atoms with Gasteiger partial charge < -0.3 is 4.42 Å². The summed E-state index contributed by atoms with van der Waals surface area (Å²) in [5.74, 6) is 0. The number of hydrogen-bond donors (Lipinski definition) is 0. The second-order valence-electron chi connectivity index (χ2n) is 10.5. The molecule has 0 unspecified atom stereocenters. The maximum Gasteiger partial charge on any atom is 0.136 e. The van der Waals surface area contributed by atoms with E-state index < -0.39 is 0 Å². The average Bonchev–Trinajstić information content (AvgIpc) is 3.47. The van der Waals surface area contributed by atoms with E-state index in [4.69, 9.17) is 14.4 Å². The Morgan fingerprint density at radius 3 is 1.63 bits per heavy atom. The summed E-state index contributed by atoms with van der Waals surface area (Å²) in [5.41, 5.74) is 11.0. The molecule has 0 spiro atoms. The molecule has 0 fully saturated rings. The van der Waals surface area contributed by atoms with E-state index in [1.165, 1.54) is 0 Å². The van der Waals surface area contributed by atoms with Gasteiger partial charge in [0.1, 0.15) is 11.2 Å². The number of para-hydroxylation sites is 1. The third kappa shape index (κ3) is 4.55. The van der Waals surface area contributed by atoms with E-state index in [-0.39, 0.29) is 0 Å². The number of furan rings is 1. The Kier molecular flexibility index (Phi) is 6.08. The maximum absolute atomic E-state index is 6.28. The largest absolute Gasteiger partial charge is 0.456 e. The molecule has 0 aliphatic carbocycles. The van der Waals surface area contributed by atoms with Crippen molar-refractivity contribution >= 4 is 21.9 Å². The zero-order valence-corrected chi connectivity index (χ0v) is 23.2. The molecule has 202 valence electrons. The van der Waals surface area contributed by atoms with E-state index in [1.807, 2.05) is 66.9 Å². The van der Waals surface area contributed by atoms with Crippen LogP contribution in [0.25, 0.3) is 78.1 Å². The fourth-order valence-corrected chi connectivity index (χ4v) is 5.69. The molecule has 8 rings (SSSR count). The first kappa shape index (κ1) is 24.9. The van der Waals surface area contributed by atoms with E-state index in [0.717, 1.165) is 78.1 Å². The molecule has 0 atom stereocenters. The third-order valence-electron chi connectivity index (χ3n) is 7.77. The Morgan fingerprint density at radius 2 is 0.930 bits per heavy atom. The van der Waals surface area contributed by atoms with Crippen LogP contribution in [0, 0.1) is 0 Å². The van der Waals surface area contributed by atoms with Crippen molar-refractivity contribution in [3.63, 3.8) is 0 Å². The SMILES string of the molecule is c1ccc(-c2nc(-c3ccccc3)c(-c3ccc4c(c3)oc3ccccc34)nc2-c2cccc(-c3cccnc3)c2)cc1. The summed E-state index contributed by atoms with van der Waals surface area (Å²) in [5, 5.41) is 2.18. The quantitative estimate of drug-likeness (QED) is 0.214. The Morgan fingerprint density at radius 1 is 0.372 bits per heavy atom. The molecule has 43 heavy (non-hydrogen) atoms. The highest BCUT2D eigenvalue weighted by molar-refractivity contribution is 6.06. The summed E-state index contributed by atoms with van der Waals surface area (Å²) in [6.07, 6.45) is 3.68. The Hall–Kier alpha value is -5.87. The Balaban J connectivity index is 1.40. The van der Waals surface area contributed by atoms with Crippen LogP contribution in [0.2, 0.25) is 0 Å². The number of benzene rings is 5. The highest BCUT2D eigenvalue weighted by atomic mass is 16.3. The van der Waals surface area contributed by atoms with E-state index in [9.17, 15) is 0 Å². The molecule has 0 aliphatic heterocycles. The summed E-state index contributed by atoms with van der Waals surface area (Å²) in [7, 11) is 0. The van der Waals surface area contributed by atoms with Gasteiger partial charge in [0, 0.05) is 51.0 Å². The van der Waals surface area contributed by atoms with Crippen molar-refractivity contribution < 1.29 is 4.42 Å². The van der Waals surface area contributed by atoms with E-state index in [2.05, 4.69) is 83.8 Å². The van der Waals surface area contributed by atoms with Crippen LogP contribution in [0.15, 0.2) is 156 Å². The van der Waals surface area contributed by atoms with Crippen molar-refractivity contribution in [3.05, 3.63) is 152 Å². The summed E-state index contributed by atoms with van der Waals surface area (Å²) in [4.78, 5) is 15.2. The molecular formula is C39H25N3O. The summed E-state index contributed by atoms with van der Waals surface area (Å²) in [6, 6.07) is 47.5. The lowest BCUT2D eigenvalue weighted by Gasteiger charge is -2.16. The lowest BCUT2D eigenvalue weighted by atomic mass is 9.97. The van der Waals surface area contributed by atoms with Crippen molar-refractivity contribution in [2.45, 2.75) is 0 Å². The van der Waals surface area contributed by atoms with E-state index >= 15 is 0 Å². The van der Waals surface area contributed by atoms with E-state index in [1.54, 1.807) is 6.20 Å². The summed E-state index contributed by atoms with van der Waals surface area (Å²) < 4.78 is 6.28. The van der Waals surface area contributed by atoms with Gasteiger partial charge in [-0.25, -0.2) is 9.97 Å². The van der Waals surface area contributed by atoms with Gasteiger partial charge in [0.2, 0.25) is 0 Å². The zero-order valence-electron chi connectivity index (χ0n) is 23.2. The molecule has 3 aromatic heterocycles. The van der Waals surface area contributed by atoms with Gasteiger partial charge in [-0.1, -0.05) is 109 Å². The van der Waals surface area contributed by atoms with Crippen LogP contribution < -0.4 is 0 Å². The first-order chi connectivity index (χ1) is 21.3. The molecule has 5 aromatic carbocycles. The number of hydrogen-bond acceptors (Lipinski definition) is 4. The minimum absolute atomic E-state index is 0.801. The van der Waals surface area contributed by atoms with Gasteiger partial charge >= 0.3 is 0 Å². The summed E-state index contributed by atoms with van der Waals surface area (Å²) >= 11 is 0. The highest BCUT2D eigenvalue weighted by Gasteiger charge is 2.20. The van der Waals surface area contributed by atoms with Gasteiger partial charge in [0.05, 0.1) is 22.8 Å². The maximum atomic E-state index is 6.28. The van der Waals surface area contributed by atoms with Gasteiger partial charge in [0.15, 0.2) is 0 Å². The monoisotopic (exact) mass is 551 g/mol. The third-order valence-corrected chi connectivity index (χ3v) is 7.77. The molecule has 4 heteroatoms. The topological polar surface area (TPSA) is 51.8 Å². The number of aromatic nitrogens is 3. The van der Waals surface area contributed by atoms with Crippen molar-refractivity contribution in [1.82, 2.24) is 15.0 Å². The van der Waals surface area contributed by atoms with Crippen LogP contribution in [-0.2, 0) is 0 Å². The van der Waals surface area contributed by atoms with Crippen LogP contribution in [0.4, 0.5) is 0 Å². The Labute approximate surface area is 249 Å². The first-order valence-electron chi connectivity index (χ1n) is 14.3. The minimum Gasteiger partial charge on any atom is -0.456 e. The summed E-state index contributed by atoms with van der Waals surface area (Å²) in [6.45, 7) is 0. The van der Waals surface area contributed by atoms with Gasteiger partial charge in [-0.15, -0.1) is 0 Å². The predicted octanol–water partition coefficient (Wildman–Crippen LogP) is 10.1. The van der Waals surface area contributed by atoms with Gasteiger partial charge in [-0.05, 0) is 35.9 Å². The Bertz CT molecular complexity index is 2220. The molecule has 0 N–H and O–H groups in total. The van der Waals surface area contributed by atoms with Gasteiger partial charge in [0.25, 0.3) is 0 Å². The first-order valence-corrected chi connectivity index (χ1v) is 14.3. The van der Waals surface area contributed by atoms with Crippen molar-refractivity contribution in [2.75, 3.05) is 0 Å². The lowest BCUT2D eigenvalue weighted by Crippen LogP contribution is -2.01. The molecule has 0 saturated carbocycles. The molecule has 4 nitrogen and oxygen atoms in total. The zero-order chi connectivity index (χ0) is 28.6. The molecule has 0 radical (unpaired) electrons. The fraction of sp³-hybridized carbons (Fsp3) is 0. The average molecular weight is 552 g/mol. The molecule has 0 saturated heterocycles. The van der Waals surface area contributed by atoms with Crippen molar-refractivity contribution in [1.29, 1.82) is 0 Å². The molecule has 0 amide bonds. The normalized spacial score (nSPS) is 11.3. The number of rotatable bonds is 5. The van der Waals surface area contributed by atoms with Crippen LogP contribution >= 0.6 is 0 Å². The van der Waals surface area contributed by atoms with Crippen molar-refractivity contribution in [2.24, 2.45) is 0 Å². The van der Waals surface area contributed by atoms with Gasteiger partial charge in [-0.3, -0.25) is 4.98 Å². The molecule has 8 aromatic rings. The molecule has 0 bridgehead atoms. The number of nitrogens with zero attached hydrogens (tertiary/aromatic N) is 3. The second-order valence-corrected chi connectivity index (χ2v) is 10.5. The van der Waals surface area contributed by atoms with Crippen molar-refractivity contribution in [3.8, 4) is 56.2 Å². The van der Waals surface area contributed by atoms with Crippen LogP contribution in [0.5, 0.6) is 0 Å². The van der Waals surface area contributed by atoms with Crippen LogP contribution in [0.3, 0.4) is 0 Å². The smallest absolute Gasteiger partial charge is 0.136 e. The van der Waals surface area contributed by atoms with Gasteiger partial charge in [-0.2, -0.15) is 0 Å². The molecular weight excluding hydrogens is 526 g/mol. The van der Waals surface area contributed by atoms with Crippen LogP contribution in [-0.4, -0.2) is 15.0 Å². The standard InChI is InChI=1S/C39H25N3O/c1-3-11-26(12-4-1)36-38(29-16-9-15-28(23-29)31-17-10-22-40-25-31)42-39(37(41-36)27-13-5-2-6-14-27)30-20-21-33-32-18-7-8-19-34(32)43-35(33)24-30/h1-25H. The molecule has 0 aliphatic rings. The molecule has 3 heterocycles. The number of fused-ring (bicyclic) bond motifs is 3. The number of pyridine rings is 1. The second kappa shape index (κ2) is 10.5.